The summed E-state index contributed by atoms with van der Waals surface area (Å²) in [4.78, 5) is 16.9. The lowest BCUT2D eigenvalue weighted by Gasteiger charge is -2.17. The number of hydrogen-bond donors (Lipinski definition) is 0. The van der Waals surface area contributed by atoms with E-state index in [1.165, 1.54) is 22.7 Å². The smallest absolute Gasteiger partial charge is 0.267 e. The van der Waals surface area contributed by atoms with Crippen LogP contribution in [0.25, 0.3) is 0 Å². The normalized spacial score (nSPS) is 12.1. The van der Waals surface area contributed by atoms with E-state index in [1.54, 1.807) is 18.2 Å². The van der Waals surface area contributed by atoms with Crippen LogP contribution in [0.4, 0.5) is 5.69 Å². The molecule has 122 valence electrons. The highest BCUT2D eigenvalue weighted by Gasteiger charge is 2.22. The van der Waals surface area contributed by atoms with E-state index in [2.05, 4.69) is 15.2 Å². The van der Waals surface area contributed by atoms with E-state index in [-0.39, 0.29) is 5.56 Å². The number of aliphatic imine (C=N–C) groups is 1. The third kappa shape index (κ3) is 3.94. The molecule has 8 heteroatoms. The first-order valence-corrected chi connectivity index (χ1v) is 8.75. The highest BCUT2D eigenvalue weighted by Crippen LogP contribution is 2.32. The topological polar surface area (TPSA) is 60.1 Å². The van der Waals surface area contributed by atoms with Gasteiger partial charge in [-0.15, -0.1) is 10.2 Å². The minimum Gasteiger partial charge on any atom is -0.267 e. The van der Waals surface area contributed by atoms with Gasteiger partial charge in [0.2, 0.25) is 0 Å². The Morgan fingerprint density at radius 2 is 1.83 bits per heavy atom. The van der Waals surface area contributed by atoms with Gasteiger partial charge in [-0.25, -0.2) is 9.56 Å². The van der Waals surface area contributed by atoms with Gasteiger partial charge in [0.1, 0.15) is 17.7 Å². The fraction of sp³-hybridized carbons (Fsp3) is 0.333. The summed E-state index contributed by atoms with van der Waals surface area (Å²) in [6.45, 7) is 5.72. The first-order valence-electron chi connectivity index (χ1n) is 6.77. The minimum absolute atomic E-state index is 0.260. The summed E-state index contributed by atoms with van der Waals surface area (Å²) in [6, 6.07) is 5.10. The van der Waals surface area contributed by atoms with E-state index in [0.717, 1.165) is 0 Å². The SMILES string of the molecule is CSc1nnc(C(C)(C)C)c(=O)n1C=Nc1c(Cl)cccc1Cl. The molecular weight excluding hydrogens is 355 g/mol. The highest BCUT2D eigenvalue weighted by molar-refractivity contribution is 7.98. The number of rotatable bonds is 3. The zero-order valence-corrected chi connectivity index (χ0v) is 15.5. The molecule has 0 spiro atoms. The number of benzene rings is 1. The fourth-order valence-electron chi connectivity index (χ4n) is 1.82. The lowest BCUT2D eigenvalue weighted by atomic mass is 9.93. The van der Waals surface area contributed by atoms with Gasteiger partial charge in [0.15, 0.2) is 5.16 Å². The molecule has 0 amide bonds. The summed E-state index contributed by atoms with van der Waals surface area (Å²) in [5.41, 5.74) is 0.0956. The number of para-hydroxylation sites is 1. The van der Waals surface area contributed by atoms with Crippen LogP contribution in [-0.2, 0) is 5.41 Å². The molecule has 0 saturated heterocycles. The van der Waals surface area contributed by atoms with Gasteiger partial charge in [-0.2, -0.15) is 0 Å². The van der Waals surface area contributed by atoms with Crippen LogP contribution in [0.2, 0.25) is 10.0 Å². The molecule has 0 aliphatic carbocycles. The molecule has 0 unspecified atom stereocenters. The molecule has 0 saturated carbocycles. The molecule has 0 aliphatic rings. The summed E-state index contributed by atoms with van der Waals surface area (Å²) >= 11 is 13.5. The molecule has 1 aromatic heterocycles. The van der Waals surface area contributed by atoms with Crippen LogP contribution in [0.15, 0.2) is 33.1 Å². The maximum atomic E-state index is 12.7. The van der Waals surface area contributed by atoms with Crippen LogP contribution in [0, 0.1) is 0 Å². The van der Waals surface area contributed by atoms with Crippen LogP contribution in [0.3, 0.4) is 0 Å². The Hall–Kier alpha value is -1.37. The zero-order chi connectivity index (χ0) is 17.2. The summed E-state index contributed by atoms with van der Waals surface area (Å²) in [7, 11) is 0. The summed E-state index contributed by atoms with van der Waals surface area (Å²) in [5.74, 6) is 0. The van der Waals surface area contributed by atoms with Crippen molar-refractivity contribution in [1.29, 1.82) is 0 Å². The summed E-state index contributed by atoms with van der Waals surface area (Å²) in [6.07, 6.45) is 3.19. The van der Waals surface area contributed by atoms with Gasteiger partial charge in [0.05, 0.1) is 10.0 Å². The molecule has 0 atom stereocenters. The third-order valence-corrected chi connectivity index (χ3v) is 4.25. The van der Waals surface area contributed by atoms with E-state index in [4.69, 9.17) is 23.2 Å². The molecule has 5 nitrogen and oxygen atoms in total. The van der Waals surface area contributed by atoms with Crippen LogP contribution >= 0.6 is 35.0 Å². The van der Waals surface area contributed by atoms with Gasteiger partial charge in [-0.1, -0.05) is 61.8 Å². The summed E-state index contributed by atoms with van der Waals surface area (Å²) < 4.78 is 1.36. The van der Waals surface area contributed by atoms with Crippen molar-refractivity contribution in [1.82, 2.24) is 14.8 Å². The molecule has 1 aromatic carbocycles. The van der Waals surface area contributed by atoms with Crippen LogP contribution < -0.4 is 5.56 Å². The number of nitrogens with zero attached hydrogens (tertiary/aromatic N) is 4. The van der Waals surface area contributed by atoms with Gasteiger partial charge in [-0.3, -0.25) is 4.79 Å². The molecule has 0 radical (unpaired) electrons. The van der Waals surface area contributed by atoms with Crippen molar-refractivity contribution in [3.8, 4) is 0 Å². The predicted octanol–water partition coefficient (Wildman–Crippen LogP) is 4.17. The maximum absolute atomic E-state index is 12.7. The van der Waals surface area contributed by atoms with Crippen molar-refractivity contribution in [3.63, 3.8) is 0 Å². The molecule has 23 heavy (non-hydrogen) atoms. The van der Waals surface area contributed by atoms with Crippen molar-refractivity contribution < 1.29 is 0 Å². The van der Waals surface area contributed by atoms with Gasteiger partial charge >= 0.3 is 0 Å². The lowest BCUT2D eigenvalue weighted by Crippen LogP contribution is -2.34. The van der Waals surface area contributed by atoms with Crippen molar-refractivity contribution in [2.24, 2.45) is 4.99 Å². The Bertz CT molecular complexity index is 792. The van der Waals surface area contributed by atoms with Crippen LogP contribution in [0.1, 0.15) is 26.5 Å². The third-order valence-electron chi connectivity index (χ3n) is 3.00. The predicted molar refractivity (Wildman–Crippen MR) is 96.8 cm³/mol. The van der Waals surface area contributed by atoms with Gasteiger partial charge in [0, 0.05) is 5.41 Å². The van der Waals surface area contributed by atoms with Crippen LogP contribution in [-0.4, -0.2) is 27.4 Å². The zero-order valence-electron chi connectivity index (χ0n) is 13.2. The van der Waals surface area contributed by atoms with Crippen LogP contribution in [0.5, 0.6) is 0 Å². The van der Waals surface area contributed by atoms with Gasteiger partial charge < -0.3 is 0 Å². The molecule has 0 N–H and O–H groups in total. The average molecular weight is 371 g/mol. The van der Waals surface area contributed by atoms with Crippen molar-refractivity contribution in [2.45, 2.75) is 31.3 Å². The minimum atomic E-state index is -0.418. The second-order valence-electron chi connectivity index (χ2n) is 5.78. The van der Waals surface area contributed by atoms with E-state index in [0.29, 0.717) is 26.6 Å². The number of aromatic nitrogens is 3. The fourth-order valence-corrected chi connectivity index (χ4v) is 2.77. The highest BCUT2D eigenvalue weighted by atomic mass is 35.5. The van der Waals surface area contributed by atoms with Crippen molar-refractivity contribution in [2.75, 3.05) is 6.26 Å². The molecule has 0 aliphatic heterocycles. The maximum Gasteiger partial charge on any atom is 0.282 e. The van der Waals surface area contributed by atoms with Gasteiger partial charge in [0.25, 0.3) is 5.56 Å². The second kappa shape index (κ2) is 7.03. The first kappa shape index (κ1) is 18.0. The first-order chi connectivity index (χ1) is 10.8. The average Bonchev–Trinajstić information content (AvgIpc) is 2.46. The standard InChI is InChI=1S/C15H16Cl2N4OS/c1-15(2,3)12-13(22)21(14(23-4)20-19-12)8-18-11-9(16)6-5-7-10(11)17/h5-8H,1-4H3. The molecule has 0 fully saturated rings. The van der Waals surface area contributed by atoms with Gasteiger partial charge in [-0.05, 0) is 18.4 Å². The summed E-state index contributed by atoms with van der Waals surface area (Å²) in [5, 5.41) is 9.41. The van der Waals surface area contributed by atoms with E-state index in [9.17, 15) is 4.79 Å². The molecule has 1 heterocycles. The van der Waals surface area contributed by atoms with Crippen molar-refractivity contribution in [3.05, 3.63) is 44.3 Å². The Labute approximate surface area is 148 Å². The lowest BCUT2D eigenvalue weighted by molar-refractivity contribution is 0.530. The Morgan fingerprint density at radius 1 is 1.22 bits per heavy atom. The van der Waals surface area contributed by atoms with Crippen molar-refractivity contribution >= 4 is 47.0 Å². The molecule has 2 aromatic rings. The monoisotopic (exact) mass is 370 g/mol. The molecular formula is C15H16Cl2N4OS. The quantitative estimate of drug-likeness (QED) is 0.462. The number of halogens is 2. The van der Waals surface area contributed by atoms with E-state index >= 15 is 0 Å². The Kier molecular flexibility index (Phi) is 5.49. The second-order valence-corrected chi connectivity index (χ2v) is 7.36. The Morgan fingerprint density at radius 3 is 2.35 bits per heavy atom. The molecule has 0 bridgehead atoms. The Balaban J connectivity index is 2.59. The van der Waals surface area contributed by atoms with E-state index < -0.39 is 5.41 Å². The number of thioether (sulfide) groups is 1. The van der Waals surface area contributed by atoms with E-state index in [1.807, 2.05) is 27.0 Å². The molecule has 2 rings (SSSR count). The largest absolute Gasteiger partial charge is 0.282 e. The number of hydrogen-bond acceptors (Lipinski definition) is 5.